The molecular formula is C17H14ClN3OS2. The number of carbonyl (C=O) groups excluding carboxylic acids is 1. The van der Waals surface area contributed by atoms with Crippen molar-refractivity contribution in [2.24, 2.45) is 0 Å². The molecule has 0 spiro atoms. The van der Waals surface area contributed by atoms with Gasteiger partial charge in [-0.2, -0.15) is 0 Å². The molecule has 0 radical (unpaired) electrons. The van der Waals surface area contributed by atoms with Crippen LogP contribution in [0.3, 0.4) is 0 Å². The van der Waals surface area contributed by atoms with Crippen LogP contribution < -0.4 is 5.32 Å². The maximum atomic E-state index is 12.2. The first-order chi connectivity index (χ1) is 11.5. The molecule has 7 heteroatoms. The quantitative estimate of drug-likeness (QED) is 0.681. The molecule has 2 aromatic heterocycles. The Hall–Kier alpha value is -2.02. The molecular weight excluding hydrogens is 362 g/mol. The van der Waals surface area contributed by atoms with Gasteiger partial charge in [0.1, 0.15) is 0 Å². The molecule has 2 heterocycles. The molecule has 24 heavy (non-hydrogen) atoms. The SMILES string of the molecule is Cc1ccc(NC(=O)c2nnc(/C(Cl)=C/c3ccc(C)s3)s2)cc1. The van der Waals surface area contributed by atoms with Gasteiger partial charge >= 0.3 is 0 Å². The summed E-state index contributed by atoms with van der Waals surface area (Å²) in [5.74, 6) is -0.293. The fourth-order valence-electron chi connectivity index (χ4n) is 1.95. The minimum atomic E-state index is -0.293. The van der Waals surface area contributed by atoms with Gasteiger partial charge in [-0.05, 0) is 44.2 Å². The van der Waals surface area contributed by atoms with E-state index >= 15 is 0 Å². The van der Waals surface area contributed by atoms with Gasteiger partial charge in [0.05, 0.1) is 5.03 Å². The number of nitrogens with zero attached hydrogens (tertiary/aromatic N) is 2. The second kappa shape index (κ2) is 7.25. The third-order valence-electron chi connectivity index (χ3n) is 3.16. The number of nitrogens with one attached hydrogen (secondary N) is 1. The molecule has 122 valence electrons. The van der Waals surface area contributed by atoms with Crippen LogP contribution in [0, 0.1) is 13.8 Å². The summed E-state index contributed by atoms with van der Waals surface area (Å²) in [5.41, 5.74) is 1.85. The normalized spacial score (nSPS) is 11.5. The van der Waals surface area contributed by atoms with E-state index in [9.17, 15) is 4.79 Å². The van der Waals surface area contributed by atoms with Crippen LogP contribution in [0.4, 0.5) is 5.69 Å². The second-order valence-corrected chi connectivity index (χ2v) is 7.88. The van der Waals surface area contributed by atoms with E-state index in [0.717, 1.165) is 16.1 Å². The number of thiophene rings is 1. The molecule has 4 nitrogen and oxygen atoms in total. The standard InChI is InChI=1S/C17H14ClN3OS2/c1-10-3-6-12(7-4-10)19-15(22)17-21-20-16(24-17)14(18)9-13-8-5-11(2)23-13/h3-9H,1-2H3,(H,19,22)/b14-9-. The molecule has 0 atom stereocenters. The highest BCUT2D eigenvalue weighted by molar-refractivity contribution is 7.15. The van der Waals surface area contributed by atoms with Crippen LogP contribution >= 0.6 is 34.3 Å². The largest absolute Gasteiger partial charge is 0.320 e. The summed E-state index contributed by atoms with van der Waals surface area (Å²) >= 11 is 9.10. The lowest BCUT2D eigenvalue weighted by Crippen LogP contribution is -2.11. The van der Waals surface area contributed by atoms with E-state index in [-0.39, 0.29) is 10.9 Å². The molecule has 0 bridgehead atoms. The Balaban J connectivity index is 1.73. The van der Waals surface area contributed by atoms with Gasteiger partial charge in [0.15, 0.2) is 5.01 Å². The predicted octanol–water partition coefficient (Wildman–Crippen LogP) is 5.21. The van der Waals surface area contributed by atoms with Crippen molar-refractivity contribution < 1.29 is 4.79 Å². The van der Waals surface area contributed by atoms with E-state index in [1.165, 1.54) is 16.2 Å². The molecule has 0 aliphatic rings. The maximum Gasteiger partial charge on any atom is 0.286 e. The zero-order valence-corrected chi connectivity index (χ0v) is 15.4. The van der Waals surface area contributed by atoms with E-state index in [0.29, 0.717) is 10.0 Å². The third kappa shape index (κ3) is 4.08. The van der Waals surface area contributed by atoms with Crippen LogP contribution in [0.15, 0.2) is 36.4 Å². The van der Waals surface area contributed by atoms with Gasteiger partial charge in [0.25, 0.3) is 5.91 Å². The summed E-state index contributed by atoms with van der Waals surface area (Å²) < 4.78 is 0. The van der Waals surface area contributed by atoms with Crippen molar-refractivity contribution in [2.45, 2.75) is 13.8 Å². The fourth-order valence-corrected chi connectivity index (χ4v) is 3.75. The minimum absolute atomic E-state index is 0.277. The number of hydrogen-bond donors (Lipinski definition) is 1. The topological polar surface area (TPSA) is 54.9 Å². The summed E-state index contributed by atoms with van der Waals surface area (Å²) in [6, 6.07) is 11.6. The predicted molar refractivity (Wildman–Crippen MR) is 102 cm³/mol. The average Bonchev–Trinajstić information content (AvgIpc) is 3.19. The monoisotopic (exact) mass is 375 g/mol. The van der Waals surface area contributed by atoms with E-state index < -0.39 is 0 Å². The number of halogens is 1. The molecule has 0 aliphatic heterocycles. The number of rotatable bonds is 4. The second-order valence-electron chi connectivity index (χ2n) is 5.17. The smallest absolute Gasteiger partial charge is 0.286 e. The number of anilines is 1. The van der Waals surface area contributed by atoms with Crippen LogP contribution in [0.1, 0.15) is 30.1 Å². The number of hydrogen-bond acceptors (Lipinski definition) is 5. The Kier molecular flexibility index (Phi) is 5.08. The first-order valence-electron chi connectivity index (χ1n) is 7.17. The molecule has 0 unspecified atom stereocenters. The molecule has 3 rings (SSSR count). The average molecular weight is 376 g/mol. The molecule has 0 aliphatic carbocycles. The fraction of sp³-hybridized carbons (Fsp3) is 0.118. The minimum Gasteiger partial charge on any atom is -0.320 e. The molecule has 0 saturated heterocycles. The van der Waals surface area contributed by atoms with Crippen molar-refractivity contribution in [3.05, 3.63) is 61.7 Å². The van der Waals surface area contributed by atoms with Crippen molar-refractivity contribution in [3.8, 4) is 0 Å². The van der Waals surface area contributed by atoms with Crippen LogP contribution in [-0.4, -0.2) is 16.1 Å². The van der Waals surface area contributed by atoms with Crippen molar-refractivity contribution in [1.29, 1.82) is 0 Å². The number of carbonyl (C=O) groups is 1. The van der Waals surface area contributed by atoms with Crippen molar-refractivity contribution in [2.75, 3.05) is 5.32 Å². The van der Waals surface area contributed by atoms with Crippen LogP contribution in [0.5, 0.6) is 0 Å². The molecule has 1 N–H and O–H groups in total. The van der Waals surface area contributed by atoms with Crippen molar-refractivity contribution >= 4 is 57.0 Å². The van der Waals surface area contributed by atoms with E-state index in [4.69, 9.17) is 11.6 Å². The maximum absolute atomic E-state index is 12.2. The first-order valence-corrected chi connectivity index (χ1v) is 9.18. The molecule has 0 saturated carbocycles. The number of amides is 1. The van der Waals surface area contributed by atoms with Gasteiger partial charge in [0, 0.05) is 15.4 Å². The summed E-state index contributed by atoms with van der Waals surface area (Å²) in [6.07, 6.45) is 1.83. The molecule has 1 amide bonds. The van der Waals surface area contributed by atoms with Gasteiger partial charge < -0.3 is 5.32 Å². The highest BCUT2D eigenvalue weighted by atomic mass is 35.5. The van der Waals surface area contributed by atoms with Gasteiger partial charge in [-0.15, -0.1) is 21.5 Å². The Bertz CT molecular complexity index is 897. The summed E-state index contributed by atoms with van der Waals surface area (Å²) in [6.45, 7) is 4.03. The molecule has 1 aromatic carbocycles. The van der Waals surface area contributed by atoms with Crippen LogP contribution in [0.25, 0.3) is 11.1 Å². The third-order valence-corrected chi connectivity index (χ3v) is 5.47. The van der Waals surface area contributed by atoms with Gasteiger partial charge in [-0.3, -0.25) is 4.79 Å². The highest BCUT2D eigenvalue weighted by Crippen LogP contribution is 2.28. The Morgan fingerprint density at radius 3 is 2.42 bits per heavy atom. The number of aryl methyl sites for hydroxylation is 2. The highest BCUT2D eigenvalue weighted by Gasteiger charge is 2.15. The van der Waals surface area contributed by atoms with Gasteiger partial charge in [0.2, 0.25) is 5.01 Å². The summed E-state index contributed by atoms with van der Waals surface area (Å²) in [4.78, 5) is 14.5. The Morgan fingerprint density at radius 2 is 1.75 bits per heavy atom. The Morgan fingerprint density at radius 1 is 1.04 bits per heavy atom. The number of aromatic nitrogens is 2. The summed E-state index contributed by atoms with van der Waals surface area (Å²) in [7, 11) is 0. The van der Waals surface area contributed by atoms with Crippen LogP contribution in [0.2, 0.25) is 0 Å². The van der Waals surface area contributed by atoms with Gasteiger partial charge in [-0.1, -0.05) is 40.6 Å². The molecule has 0 fully saturated rings. The van der Waals surface area contributed by atoms with Crippen LogP contribution in [-0.2, 0) is 0 Å². The van der Waals surface area contributed by atoms with E-state index in [2.05, 4.69) is 15.5 Å². The zero-order chi connectivity index (χ0) is 17.1. The van der Waals surface area contributed by atoms with Crippen molar-refractivity contribution in [3.63, 3.8) is 0 Å². The lowest BCUT2D eigenvalue weighted by molar-refractivity contribution is 0.102. The lowest BCUT2D eigenvalue weighted by atomic mass is 10.2. The summed E-state index contributed by atoms with van der Waals surface area (Å²) in [5, 5.41) is 12.0. The Labute approximate surface area is 152 Å². The zero-order valence-electron chi connectivity index (χ0n) is 13.0. The van der Waals surface area contributed by atoms with E-state index in [1.54, 1.807) is 11.3 Å². The lowest BCUT2D eigenvalue weighted by Gasteiger charge is -2.02. The van der Waals surface area contributed by atoms with Crippen molar-refractivity contribution in [1.82, 2.24) is 10.2 Å². The van der Waals surface area contributed by atoms with Gasteiger partial charge in [-0.25, -0.2) is 0 Å². The van der Waals surface area contributed by atoms with E-state index in [1.807, 2.05) is 56.3 Å². The molecule has 3 aromatic rings. The number of benzene rings is 1. The first kappa shape index (κ1) is 16.8.